The largest absolute Gasteiger partial charge is 0.493 e. The second kappa shape index (κ2) is 9.23. The van der Waals surface area contributed by atoms with E-state index in [1.54, 1.807) is 24.3 Å². The van der Waals surface area contributed by atoms with Crippen LogP contribution in [-0.2, 0) is 14.3 Å². The van der Waals surface area contributed by atoms with Gasteiger partial charge in [-0.15, -0.1) is 0 Å². The molecular formula is C19H20N2O6. The Labute approximate surface area is 156 Å². The maximum Gasteiger partial charge on any atom is 0.337 e. The van der Waals surface area contributed by atoms with E-state index in [9.17, 15) is 14.4 Å². The maximum absolute atomic E-state index is 12.0. The van der Waals surface area contributed by atoms with E-state index in [0.29, 0.717) is 28.4 Å². The number of carbonyl (C=O) groups excluding carboxylic acids is 3. The van der Waals surface area contributed by atoms with Gasteiger partial charge in [0.2, 0.25) is 5.91 Å². The lowest BCUT2D eigenvalue weighted by Crippen LogP contribution is -2.20. The predicted molar refractivity (Wildman–Crippen MR) is 99.2 cm³/mol. The molecule has 0 unspecified atom stereocenters. The first-order valence-electron chi connectivity index (χ1n) is 7.99. The average Bonchev–Trinajstić information content (AvgIpc) is 2.66. The van der Waals surface area contributed by atoms with Gasteiger partial charge in [-0.1, -0.05) is 0 Å². The molecule has 27 heavy (non-hydrogen) atoms. The SMILES string of the molecule is COC(=O)c1ccc(OCC(=O)Nc2ccc(NC(C)=O)cc2)c(OC)c1. The Bertz CT molecular complexity index is 833. The van der Waals surface area contributed by atoms with Crippen LogP contribution in [0.4, 0.5) is 11.4 Å². The number of benzene rings is 2. The first-order chi connectivity index (χ1) is 12.9. The fourth-order valence-electron chi connectivity index (χ4n) is 2.21. The summed E-state index contributed by atoms with van der Waals surface area (Å²) < 4.78 is 15.3. The van der Waals surface area contributed by atoms with Gasteiger partial charge in [-0.25, -0.2) is 4.79 Å². The highest BCUT2D eigenvalue weighted by Crippen LogP contribution is 2.28. The van der Waals surface area contributed by atoms with Crippen molar-refractivity contribution >= 4 is 29.2 Å². The van der Waals surface area contributed by atoms with Crippen molar-refractivity contribution in [1.29, 1.82) is 0 Å². The minimum atomic E-state index is -0.500. The molecule has 8 nitrogen and oxygen atoms in total. The third-order valence-electron chi connectivity index (χ3n) is 3.43. The van der Waals surface area contributed by atoms with E-state index in [0.717, 1.165) is 0 Å². The molecule has 2 rings (SSSR count). The van der Waals surface area contributed by atoms with Crippen molar-refractivity contribution in [3.05, 3.63) is 48.0 Å². The van der Waals surface area contributed by atoms with Gasteiger partial charge >= 0.3 is 5.97 Å². The van der Waals surface area contributed by atoms with Gasteiger partial charge in [0.15, 0.2) is 18.1 Å². The number of esters is 1. The van der Waals surface area contributed by atoms with Crippen LogP contribution in [0.25, 0.3) is 0 Å². The lowest BCUT2D eigenvalue weighted by atomic mass is 10.2. The number of ether oxygens (including phenoxy) is 3. The van der Waals surface area contributed by atoms with Gasteiger partial charge in [-0.05, 0) is 42.5 Å². The maximum atomic E-state index is 12.0. The van der Waals surface area contributed by atoms with E-state index < -0.39 is 5.97 Å². The van der Waals surface area contributed by atoms with Crippen LogP contribution in [0.1, 0.15) is 17.3 Å². The topological polar surface area (TPSA) is 103 Å². The van der Waals surface area contributed by atoms with Crippen molar-refractivity contribution in [2.24, 2.45) is 0 Å². The molecule has 8 heteroatoms. The number of methoxy groups -OCH3 is 2. The number of rotatable bonds is 7. The van der Waals surface area contributed by atoms with Crippen molar-refractivity contribution in [3.63, 3.8) is 0 Å². The summed E-state index contributed by atoms with van der Waals surface area (Å²) in [4.78, 5) is 34.6. The molecule has 0 radical (unpaired) electrons. The molecular weight excluding hydrogens is 352 g/mol. The molecule has 0 aromatic heterocycles. The zero-order valence-electron chi connectivity index (χ0n) is 15.2. The third kappa shape index (κ3) is 5.74. The highest BCUT2D eigenvalue weighted by molar-refractivity contribution is 5.93. The molecule has 0 bridgehead atoms. The van der Waals surface area contributed by atoms with E-state index in [1.165, 1.54) is 39.3 Å². The lowest BCUT2D eigenvalue weighted by molar-refractivity contribution is -0.118. The molecule has 0 fully saturated rings. The van der Waals surface area contributed by atoms with Gasteiger partial charge in [0.05, 0.1) is 19.8 Å². The standard InChI is InChI=1S/C19H20N2O6/c1-12(22)20-14-5-7-15(8-6-14)21-18(23)11-27-16-9-4-13(19(24)26-3)10-17(16)25-2/h4-10H,11H2,1-3H3,(H,20,22)(H,21,23). The second-order valence-electron chi connectivity index (χ2n) is 5.45. The van der Waals surface area contributed by atoms with Crippen molar-refractivity contribution in [1.82, 2.24) is 0 Å². The molecule has 0 saturated carbocycles. The minimum Gasteiger partial charge on any atom is -0.493 e. The first-order valence-corrected chi connectivity index (χ1v) is 7.99. The molecule has 0 heterocycles. The van der Waals surface area contributed by atoms with E-state index in [1.807, 2.05) is 0 Å². The lowest BCUT2D eigenvalue weighted by Gasteiger charge is -2.12. The Balaban J connectivity index is 1.95. The van der Waals surface area contributed by atoms with Crippen LogP contribution in [0.3, 0.4) is 0 Å². The van der Waals surface area contributed by atoms with Gasteiger partial charge in [0.25, 0.3) is 5.91 Å². The second-order valence-corrected chi connectivity index (χ2v) is 5.45. The van der Waals surface area contributed by atoms with Crippen LogP contribution in [0.5, 0.6) is 11.5 Å². The number of hydrogen-bond acceptors (Lipinski definition) is 6. The van der Waals surface area contributed by atoms with E-state index in [4.69, 9.17) is 9.47 Å². The predicted octanol–water partition coefficient (Wildman–Crippen LogP) is 2.46. The van der Waals surface area contributed by atoms with E-state index >= 15 is 0 Å². The van der Waals surface area contributed by atoms with Crippen molar-refractivity contribution in [3.8, 4) is 11.5 Å². The van der Waals surface area contributed by atoms with Gasteiger partial charge < -0.3 is 24.8 Å². The monoisotopic (exact) mass is 372 g/mol. The molecule has 0 spiro atoms. The zero-order valence-corrected chi connectivity index (χ0v) is 15.2. The smallest absolute Gasteiger partial charge is 0.337 e. The van der Waals surface area contributed by atoms with Gasteiger partial charge in [-0.2, -0.15) is 0 Å². The number of carbonyl (C=O) groups is 3. The Morgan fingerprint density at radius 2 is 1.52 bits per heavy atom. The van der Waals surface area contributed by atoms with E-state index in [2.05, 4.69) is 15.4 Å². The Kier molecular flexibility index (Phi) is 6.76. The summed E-state index contributed by atoms with van der Waals surface area (Å²) in [5.74, 6) is -0.416. The van der Waals surface area contributed by atoms with Crippen LogP contribution in [0, 0.1) is 0 Å². The summed E-state index contributed by atoms with van der Waals surface area (Å²) in [7, 11) is 2.71. The fraction of sp³-hybridized carbons (Fsp3) is 0.211. The van der Waals surface area contributed by atoms with Crippen molar-refractivity contribution < 1.29 is 28.6 Å². The molecule has 0 saturated heterocycles. The normalized spacial score (nSPS) is 9.89. The Hall–Kier alpha value is -3.55. The number of anilines is 2. The third-order valence-corrected chi connectivity index (χ3v) is 3.43. The summed E-state index contributed by atoms with van der Waals surface area (Å²) in [6.07, 6.45) is 0. The summed E-state index contributed by atoms with van der Waals surface area (Å²) in [6.45, 7) is 1.17. The van der Waals surface area contributed by atoms with E-state index in [-0.39, 0.29) is 18.4 Å². The number of amides is 2. The summed E-state index contributed by atoms with van der Waals surface area (Å²) in [5.41, 5.74) is 1.50. The molecule has 142 valence electrons. The average molecular weight is 372 g/mol. The highest BCUT2D eigenvalue weighted by Gasteiger charge is 2.12. The fourth-order valence-corrected chi connectivity index (χ4v) is 2.21. The first kappa shape index (κ1) is 19.8. The molecule has 0 aliphatic rings. The van der Waals surface area contributed by atoms with Gasteiger partial charge in [0.1, 0.15) is 0 Å². The Morgan fingerprint density at radius 1 is 0.889 bits per heavy atom. The molecule has 0 atom stereocenters. The van der Waals surface area contributed by atoms with Crippen LogP contribution in [0.2, 0.25) is 0 Å². The molecule has 0 aliphatic heterocycles. The van der Waals surface area contributed by atoms with Crippen molar-refractivity contribution in [2.45, 2.75) is 6.92 Å². The molecule has 2 amide bonds. The molecule has 0 aliphatic carbocycles. The number of hydrogen-bond donors (Lipinski definition) is 2. The summed E-state index contributed by atoms with van der Waals surface area (Å²) >= 11 is 0. The number of nitrogens with one attached hydrogen (secondary N) is 2. The Morgan fingerprint density at radius 3 is 2.07 bits per heavy atom. The summed E-state index contributed by atoms with van der Waals surface area (Å²) in [6, 6.07) is 11.2. The van der Waals surface area contributed by atoms with Crippen LogP contribution in [0.15, 0.2) is 42.5 Å². The molecule has 2 N–H and O–H groups in total. The van der Waals surface area contributed by atoms with Crippen molar-refractivity contribution in [2.75, 3.05) is 31.5 Å². The van der Waals surface area contributed by atoms with Crippen LogP contribution >= 0.6 is 0 Å². The van der Waals surface area contributed by atoms with Crippen LogP contribution in [-0.4, -0.2) is 38.6 Å². The highest BCUT2D eigenvalue weighted by atomic mass is 16.5. The zero-order chi connectivity index (χ0) is 19.8. The quantitative estimate of drug-likeness (QED) is 0.724. The minimum absolute atomic E-state index is 0.174. The van der Waals surface area contributed by atoms with Crippen LogP contribution < -0.4 is 20.1 Å². The molecule has 2 aromatic rings. The molecule has 2 aromatic carbocycles. The van der Waals surface area contributed by atoms with Gasteiger partial charge in [0, 0.05) is 18.3 Å². The summed E-state index contributed by atoms with van der Waals surface area (Å²) in [5, 5.41) is 5.32. The van der Waals surface area contributed by atoms with Gasteiger partial charge in [-0.3, -0.25) is 9.59 Å².